The van der Waals surface area contributed by atoms with Crippen LogP contribution in [-0.4, -0.2) is 56.3 Å². The van der Waals surface area contributed by atoms with Crippen LogP contribution in [-0.2, 0) is 16.0 Å². The summed E-state index contributed by atoms with van der Waals surface area (Å²) < 4.78 is 7.73. The highest BCUT2D eigenvalue weighted by atomic mass is 16.5. The normalized spacial score (nSPS) is 22.6. The Balaban J connectivity index is 1.47. The van der Waals surface area contributed by atoms with E-state index in [4.69, 9.17) is 4.74 Å². The summed E-state index contributed by atoms with van der Waals surface area (Å²) in [4.78, 5) is 15.6. The average molecular weight is 412 g/mol. The quantitative estimate of drug-likeness (QED) is 0.664. The van der Waals surface area contributed by atoms with Gasteiger partial charge in [0.25, 0.3) is 0 Å². The Morgan fingerprint density at radius 1 is 1.20 bits per heavy atom. The molecule has 1 spiro atoms. The summed E-state index contributed by atoms with van der Waals surface area (Å²) in [7, 11) is 0. The maximum Gasteiger partial charge on any atom is 0.227 e. The molecule has 2 unspecified atom stereocenters. The number of carbonyl (C=O) groups is 1. The molecule has 162 valence electrons. The molecule has 0 N–H and O–H groups in total. The van der Waals surface area contributed by atoms with Crippen molar-refractivity contribution in [1.29, 1.82) is 0 Å². The summed E-state index contributed by atoms with van der Waals surface area (Å²) in [5, 5.41) is 11.3. The lowest BCUT2D eigenvalue weighted by atomic mass is 9.54. The summed E-state index contributed by atoms with van der Waals surface area (Å²) >= 11 is 0. The first kappa shape index (κ1) is 21.0. The molecule has 2 fully saturated rings. The molecule has 1 aromatic carbocycles. The summed E-state index contributed by atoms with van der Waals surface area (Å²) in [6.07, 6.45) is 10.5. The van der Waals surface area contributed by atoms with Gasteiger partial charge in [0.1, 0.15) is 6.33 Å². The third-order valence-electron chi connectivity index (χ3n) is 6.96. The molecule has 1 heterocycles. The Morgan fingerprint density at radius 2 is 1.97 bits per heavy atom. The lowest BCUT2D eigenvalue weighted by molar-refractivity contribution is -0.188. The number of rotatable bonds is 8. The Kier molecular flexibility index (Phi) is 6.46. The standard InChI is InChI=1S/C23H33N5O2/c1-3-14-27(20-16-21(30-4-2)23(20)12-6-5-7-13-23)22(29)15-18-8-10-19(11-9-18)28-17-24-25-26-28/h8-11,17,20-21H,3-7,12-16H2,1-2H3. The first-order valence-corrected chi connectivity index (χ1v) is 11.4. The van der Waals surface area contributed by atoms with Crippen LogP contribution >= 0.6 is 0 Å². The van der Waals surface area contributed by atoms with Crippen LogP contribution < -0.4 is 0 Å². The molecule has 2 atom stereocenters. The van der Waals surface area contributed by atoms with Crippen LogP contribution in [0.5, 0.6) is 0 Å². The molecule has 7 nitrogen and oxygen atoms in total. The number of ether oxygens (including phenoxy) is 1. The fraction of sp³-hybridized carbons (Fsp3) is 0.652. The van der Waals surface area contributed by atoms with Gasteiger partial charge in [0.2, 0.25) is 5.91 Å². The Labute approximate surface area is 178 Å². The molecule has 7 heteroatoms. The first-order chi connectivity index (χ1) is 14.7. The minimum Gasteiger partial charge on any atom is -0.378 e. The van der Waals surface area contributed by atoms with Gasteiger partial charge in [-0.15, -0.1) is 5.10 Å². The number of hydrogen-bond donors (Lipinski definition) is 0. The number of amides is 1. The monoisotopic (exact) mass is 411 g/mol. The van der Waals surface area contributed by atoms with Crippen molar-refractivity contribution < 1.29 is 9.53 Å². The summed E-state index contributed by atoms with van der Waals surface area (Å²) in [5.41, 5.74) is 2.08. The van der Waals surface area contributed by atoms with Gasteiger partial charge in [-0.1, -0.05) is 38.3 Å². The fourth-order valence-electron chi connectivity index (χ4n) is 5.48. The molecule has 30 heavy (non-hydrogen) atoms. The highest BCUT2D eigenvalue weighted by molar-refractivity contribution is 5.79. The average Bonchev–Trinajstić information content (AvgIpc) is 3.31. The van der Waals surface area contributed by atoms with E-state index in [2.05, 4.69) is 34.3 Å². The second kappa shape index (κ2) is 9.25. The highest BCUT2D eigenvalue weighted by Crippen LogP contribution is 2.55. The lowest BCUT2D eigenvalue weighted by Crippen LogP contribution is -2.66. The molecular formula is C23H33N5O2. The predicted molar refractivity (Wildman–Crippen MR) is 114 cm³/mol. The number of aromatic nitrogens is 4. The van der Waals surface area contributed by atoms with Crippen molar-refractivity contribution in [3.8, 4) is 5.69 Å². The SMILES string of the molecule is CCCN(C(=O)Cc1ccc(-n2cnnn2)cc1)C1CC(OCC)C12CCCCC2. The van der Waals surface area contributed by atoms with Crippen molar-refractivity contribution in [3.63, 3.8) is 0 Å². The van der Waals surface area contributed by atoms with Gasteiger partial charge in [0, 0.05) is 24.6 Å². The van der Waals surface area contributed by atoms with Crippen LogP contribution in [0.25, 0.3) is 5.69 Å². The maximum atomic E-state index is 13.4. The fourth-order valence-corrected chi connectivity index (χ4v) is 5.48. The zero-order valence-corrected chi connectivity index (χ0v) is 18.2. The predicted octanol–water partition coefficient (Wildman–Crippen LogP) is 3.57. The third kappa shape index (κ3) is 4.00. The van der Waals surface area contributed by atoms with E-state index in [0.29, 0.717) is 18.6 Å². The minimum absolute atomic E-state index is 0.170. The second-order valence-electron chi connectivity index (χ2n) is 8.67. The Morgan fingerprint density at radius 3 is 2.60 bits per heavy atom. The molecule has 1 aromatic heterocycles. The van der Waals surface area contributed by atoms with Crippen molar-refractivity contribution >= 4 is 5.91 Å². The van der Waals surface area contributed by atoms with Crippen molar-refractivity contribution in [2.45, 2.75) is 77.4 Å². The van der Waals surface area contributed by atoms with Crippen LogP contribution in [0, 0.1) is 5.41 Å². The van der Waals surface area contributed by atoms with Gasteiger partial charge < -0.3 is 9.64 Å². The van der Waals surface area contributed by atoms with E-state index in [-0.39, 0.29) is 11.3 Å². The van der Waals surface area contributed by atoms with E-state index in [9.17, 15) is 4.79 Å². The van der Waals surface area contributed by atoms with E-state index >= 15 is 0 Å². The van der Waals surface area contributed by atoms with Crippen LogP contribution in [0.2, 0.25) is 0 Å². The molecule has 2 aliphatic carbocycles. The van der Waals surface area contributed by atoms with E-state index in [1.54, 1.807) is 11.0 Å². The molecule has 2 saturated carbocycles. The van der Waals surface area contributed by atoms with E-state index in [1.165, 1.54) is 32.1 Å². The van der Waals surface area contributed by atoms with E-state index in [0.717, 1.165) is 37.2 Å². The topological polar surface area (TPSA) is 73.1 Å². The van der Waals surface area contributed by atoms with Gasteiger partial charge in [0.05, 0.1) is 18.2 Å². The van der Waals surface area contributed by atoms with Crippen molar-refractivity contribution in [1.82, 2.24) is 25.1 Å². The molecule has 1 amide bonds. The Bertz CT molecular complexity index is 815. The molecule has 0 aliphatic heterocycles. The molecular weight excluding hydrogens is 378 g/mol. The molecule has 2 aliphatic rings. The van der Waals surface area contributed by atoms with Gasteiger partial charge in [-0.3, -0.25) is 4.79 Å². The minimum atomic E-state index is 0.170. The first-order valence-electron chi connectivity index (χ1n) is 11.4. The zero-order valence-electron chi connectivity index (χ0n) is 18.2. The molecule has 0 saturated heterocycles. The number of benzene rings is 1. The number of hydrogen-bond acceptors (Lipinski definition) is 5. The van der Waals surface area contributed by atoms with Crippen molar-refractivity contribution in [2.75, 3.05) is 13.2 Å². The highest BCUT2D eigenvalue weighted by Gasteiger charge is 2.58. The molecule has 0 radical (unpaired) electrons. The van der Waals surface area contributed by atoms with E-state index in [1.807, 2.05) is 24.3 Å². The third-order valence-corrected chi connectivity index (χ3v) is 6.96. The lowest BCUT2D eigenvalue weighted by Gasteiger charge is -2.60. The molecule has 4 rings (SSSR count). The molecule has 0 bridgehead atoms. The number of tetrazole rings is 1. The van der Waals surface area contributed by atoms with Gasteiger partial charge in [0.15, 0.2) is 0 Å². The number of nitrogens with zero attached hydrogens (tertiary/aromatic N) is 5. The zero-order chi connectivity index (χ0) is 21.0. The summed E-state index contributed by atoms with van der Waals surface area (Å²) in [6.45, 7) is 5.83. The van der Waals surface area contributed by atoms with Crippen LogP contribution in [0.4, 0.5) is 0 Å². The maximum absolute atomic E-state index is 13.4. The Hall–Kier alpha value is -2.28. The summed E-state index contributed by atoms with van der Waals surface area (Å²) in [6, 6.07) is 8.24. The summed E-state index contributed by atoms with van der Waals surface area (Å²) in [5.74, 6) is 0.233. The number of carbonyl (C=O) groups excluding carboxylic acids is 1. The van der Waals surface area contributed by atoms with Gasteiger partial charge >= 0.3 is 0 Å². The van der Waals surface area contributed by atoms with Crippen molar-refractivity contribution in [2.24, 2.45) is 5.41 Å². The largest absolute Gasteiger partial charge is 0.378 e. The van der Waals surface area contributed by atoms with Crippen LogP contribution in [0.3, 0.4) is 0 Å². The van der Waals surface area contributed by atoms with Crippen LogP contribution in [0.1, 0.15) is 64.4 Å². The van der Waals surface area contributed by atoms with Crippen molar-refractivity contribution in [3.05, 3.63) is 36.2 Å². The smallest absolute Gasteiger partial charge is 0.227 e. The van der Waals surface area contributed by atoms with Crippen LogP contribution in [0.15, 0.2) is 30.6 Å². The molecule has 2 aromatic rings. The van der Waals surface area contributed by atoms with E-state index < -0.39 is 0 Å². The van der Waals surface area contributed by atoms with Gasteiger partial charge in [-0.25, -0.2) is 4.68 Å². The van der Waals surface area contributed by atoms with Gasteiger partial charge in [-0.05, 0) is 60.7 Å². The second-order valence-corrected chi connectivity index (χ2v) is 8.67. The van der Waals surface area contributed by atoms with Gasteiger partial charge in [-0.2, -0.15) is 0 Å².